The zero-order valence-electron chi connectivity index (χ0n) is 18.5. The lowest BCUT2D eigenvalue weighted by Crippen LogP contribution is -2.48. The topological polar surface area (TPSA) is 139 Å². The third-order valence-electron chi connectivity index (χ3n) is 4.95. The number of rotatable bonds is 9. The number of hydrogen-bond acceptors (Lipinski definition) is 7. The molecule has 10 heteroatoms. The molecule has 3 N–H and O–H groups in total. The molecule has 0 heterocycles. The molecule has 0 spiro atoms. The summed E-state index contributed by atoms with van der Waals surface area (Å²) in [5.41, 5.74) is 0.727. The van der Waals surface area contributed by atoms with E-state index in [1.165, 1.54) is 32.0 Å². The fourth-order valence-electron chi connectivity index (χ4n) is 3.15. The number of benzene rings is 3. The zero-order valence-corrected chi connectivity index (χ0v) is 19.3. The second-order valence-electron chi connectivity index (χ2n) is 7.64. The average molecular weight is 485 g/mol. The summed E-state index contributed by atoms with van der Waals surface area (Å²) in [6.45, 7) is 1.89. The average Bonchev–Trinajstić information content (AvgIpc) is 2.80. The van der Waals surface area contributed by atoms with Crippen molar-refractivity contribution in [1.82, 2.24) is 4.72 Å². The van der Waals surface area contributed by atoms with E-state index in [2.05, 4.69) is 10.0 Å². The number of carbonyl (C=O) groups is 3. The molecule has 0 aliphatic rings. The van der Waals surface area contributed by atoms with Crippen molar-refractivity contribution in [2.45, 2.75) is 30.9 Å². The van der Waals surface area contributed by atoms with E-state index in [1.807, 2.05) is 12.1 Å². The summed E-state index contributed by atoms with van der Waals surface area (Å²) in [5, 5.41) is 14.0. The van der Waals surface area contributed by atoms with Crippen molar-refractivity contribution >= 4 is 44.1 Å². The van der Waals surface area contributed by atoms with Gasteiger partial charge in [-0.25, -0.2) is 8.42 Å². The molecule has 0 fully saturated rings. The van der Waals surface area contributed by atoms with Crippen molar-refractivity contribution in [3.05, 3.63) is 72.3 Å². The van der Waals surface area contributed by atoms with Gasteiger partial charge in [-0.1, -0.05) is 42.5 Å². The Morgan fingerprint density at radius 2 is 1.68 bits per heavy atom. The number of hydrogen-bond donors (Lipinski definition) is 3. The molecule has 34 heavy (non-hydrogen) atoms. The first-order valence-electron chi connectivity index (χ1n) is 10.3. The molecular weight excluding hydrogens is 460 g/mol. The zero-order chi connectivity index (χ0) is 24.9. The van der Waals surface area contributed by atoms with Crippen molar-refractivity contribution in [3.8, 4) is 0 Å². The number of nitrogens with one attached hydrogen (secondary N) is 2. The summed E-state index contributed by atoms with van der Waals surface area (Å²) in [6.07, 6.45) is -1.43. The summed E-state index contributed by atoms with van der Waals surface area (Å²) in [6, 6.07) is 16.2. The maximum Gasteiger partial charge on any atom is 0.327 e. The standard InChI is InChI=1S/C24H24N2O7S/c1-15(27)18-8-5-9-20(12-18)25-22(29)14-33-24(30)23(16(2)28)26-34(31,32)21-11-10-17-6-3-4-7-19(17)13-21/h3-13,16,23,26,28H,14H2,1-2H3,(H,25,29)/t16-,23-/m1/s1. The minimum atomic E-state index is -4.18. The van der Waals surface area contributed by atoms with Crippen LogP contribution in [-0.4, -0.2) is 49.9 Å². The van der Waals surface area contributed by atoms with Crippen molar-refractivity contribution in [3.63, 3.8) is 0 Å². The molecule has 0 radical (unpaired) electrons. The van der Waals surface area contributed by atoms with Gasteiger partial charge in [0.15, 0.2) is 12.4 Å². The van der Waals surface area contributed by atoms with Gasteiger partial charge in [0.2, 0.25) is 10.0 Å². The molecule has 3 aromatic rings. The molecule has 0 bridgehead atoms. The van der Waals surface area contributed by atoms with Crippen LogP contribution < -0.4 is 10.0 Å². The number of fused-ring (bicyclic) bond motifs is 1. The van der Waals surface area contributed by atoms with Gasteiger partial charge in [0.05, 0.1) is 11.0 Å². The number of aliphatic hydroxyl groups is 1. The van der Waals surface area contributed by atoms with E-state index < -0.39 is 40.7 Å². The monoisotopic (exact) mass is 484 g/mol. The highest BCUT2D eigenvalue weighted by molar-refractivity contribution is 7.89. The van der Waals surface area contributed by atoms with Crippen molar-refractivity contribution in [1.29, 1.82) is 0 Å². The molecule has 9 nitrogen and oxygen atoms in total. The first-order chi connectivity index (χ1) is 16.1. The predicted octanol–water partition coefficient (Wildman–Crippen LogP) is 2.25. The summed E-state index contributed by atoms with van der Waals surface area (Å²) < 4.78 is 32.7. The van der Waals surface area contributed by atoms with Gasteiger partial charge in [0.25, 0.3) is 5.91 Å². The molecule has 3 aromatic carbocycles. The number of amides is 1. The van der Waals surface area contributed by atoms with E-state index in [9.17, 15) is 27.9 Å². The Morgan fingerprint density at radius 3 is 2.35 bits per heavy atom. The van der Waals surface area contributed by atoms with E-state index in [-0.39, 0.29) is 10.7 Å². The number of Topliss-reactive ketones (excluding diaryl/α,β-unsaturated/α-hetero) is 1. The highest BCUT2D eigenvalue weighted by Gasteiger charge is 2.31. The molecule has 0 saturated carbocycles. The SMILES string of the molecule is CC(=O)c1cccc(NC(=O)COC(=O)[C@H](NS(=O)(=O)c2ccc3ccccc3c2)[C@@H](C)O)c1. The Labute approximate surface area is 196 Å². The number of carbonyl (C=O) groups excluding carboxylic acids is 3. The molecule has 0 unspecified atom stereocenters. The van der Waals surface area contributed by atoms with Gasteiger partial charge in [-0.2, -0.15) is 4.72 Å². The smallest absolute Gasteiger partial charge is 0.327 e. The first-order valence-corrected chi connectivity index (χ1v) is 11.8. The van der Waals surface area contributed by atoms with Crippen LogP contribution >= 0.6 is 0 Å². The Hall–Kier alpha value is -3.60. The Kier molecular flexibility index (Phi) is 7.77. The quantitative estimate of drug-likeness (QED) is 0.313. The maximum atomic E-state index is 12.8. The van der Waals surface area contributed by atoms with E-state index in [0.29, 0.717) is 16.6 Å². The van der Waals surface area contributed by atoms with E-state index in [1.54, 1.807) is 36.4 Å². The van der Waals surface area contributed by atoms with Crippen LogP contribution in [0, 0.1) is 0 Å². The molecule has 0 aliphatic heterocycles. The van der Waals surface area contributed by atoms with Gasteiger partial charge in [-0.15, -0.1) is 0 Å². The molecule has 3 rings (SSSR count). The Balaban J connectivity index is 1.66. The number of esters is 1. The molecular formula is C24H24N2O7S. The molecule has 0 aliphatic carbocycles. The minimum Gasteiger partial charge on any atom is -0.454 e. The van der Waals surface area contributed by atoms with Crippen LogP contribution in [0.25, 0.3) is 10.8 Å². The van der Waals surface area contributed by atoms with Gasteiger partial charge < -0.3 is 15.2 Å². The van der Waals surface area contributed by atoms with E-state index in [0.717, 1.165) is 5.39 Å². The van der Waals surface area contributed by atoms with Crippen molar-refractivity contribution < 1.29 is 32.6 Å². The summed E-state index contributed by atoms with van der Waals surface area (Å²) >= 11 is 0. The number of aliphatic hydroxyl groups excluding tert-OH is 1. The molecule has 178 valence electrons. The van der Waals surface area contributed by atoms with Gasteiger partial charge in [0.1, 0.15) is 6.04 Å². The summed E-state index contributed by atoms with van der Waals surface area (Å²) in [5.74, 6) is -2.00. The fourth-order valence-corrected chi connectivity index (χ4v) is 4.45. The fraction of sp³-hybridized carbons (Fsp3) is 0.208. The van der Waals surface area contributed by atoms with Crippen LogP contribution in [0.1, 0.15) is 24.2 Å². The van der Waals surface area contributed by atoms with Crippen LogP contribution in [0.2, 0.25) is 0 Å². The molecule has 0 aromatic heterocycles. The van der Waals surface area contributed by atoms with Crippen molar-refractivity contribution in [2.75, 3.05) is 11.9 Å². The predicted molar refractivity (Wildman–Crippen MR) is 126 cm³/mol. The third kappa shape index (κ3) is 6.25. The van der Waals surface area contributed by atoms with Crippen LogP contribution in [0.5, 0.6) is 0 Å². The molecule has 0 saturated heterocycles. The number of anilines is 1. The van der Waals surface area contributed by atoms with E-state index >= 15 is 0 Å². The lowest BCUT2D eigenvalue weighted by atomic mass is 10.1. The normalized spacial score (nSPS) is 13.1. The maximum absolute atomic E-state index is 12.8. The summed E-state index contributed by atoms with van der Waals surface area (Å²) in [7, 11) is -4.18. The number of sulfonamides is 1. The van der Waals surface area contributed by atoms with Crippen LogP contribution in [0.4, 0.5) is 5.69 Å². The highest BCUT2D eigenvalue weighted by Crippen LogP contribution is 2.19. The van der Waals surface area contributed by atoms with Crippen LogP contribution in [0.15, 0.2) is 71.6 Å². The van der Waals surface area contributed by atoms with Crippen molar-refractivity contribution in [2.24, 2.45) is 0 Å². The second kappa shape index (κ2) is 10.6. The molecule has 1 amide bonds. The van der Waals surface area contributed by atoms with Gasteiger partial charge in [-0.05, 0) is 48.9 Å². The third-order valence-corrected chi connectivity index (χ3v) is 6.39. The van der Waals surface area contributed by atoms with Gasteiger partial charge in [0, 0.05) is 11.3 Å². The number of ketones is 1. The largest absolute Gasteiger partial charge is 0.454 e. The summed E-state index contributed by atoms with van der Waals surface area (Å²) in [4.78, 5) is 36.0. The lowest BCUT2D eigenvalue weighted by molar-refractivity contribution is -0.151. The van der Waals surface area contributed by atoms with Gasteiger partial charge in [-0.3, -0.25) is 14.4 Å². The second-order valence-corrected chi connectivity index (χ2v) is 9.36. The van der Waals surface area contributed by atoms with Crippen LogP contribution in [0.3, 0.4) is 0 Å². The Morgan fingerprint density at radius 1 is 0.971 bits per heavy atom. The highest BCUT2D eigenvalue weighted by atomic mass is 32.2. The Bertz CT molecular complexity index is 1340. The minimum absolute atomic E-state index is 0.0900. The lowest BCUT2D eigenvalue weighted by Gasteiger charge is -2.20. The van der Waals surface area contributed by atoms with Gasteiger partial charge >= 0.3 is 5.97 Å². The number of ether oxygens (including phenoxy) is 1. The molecule has 2 atom stereocenters. The first kappa shape index (κ1) is 25.0. The van der Waals surface area contributed by atoms with Crippen LogP contribution in [-0.2, 0) is 24.3 Å². The van der Waals surface area contributed by atoms with E-state index in [4.69, 9.17) is 4.74 Å².